The van der Waals surface area contributed by atoms with Crippen LogP contribution in [-0.4, -0.2) is 19.1 Å². The summed E-state index contributed by atoms with van der Waals surface area (Å²) in [7, 11) is 0. The van der Waals surface area contributed by atoms with Crippen LogP contribution in [0.15, 0.2) is 30.3 Å². The quantitative estimate of drug-likeness (QED) is 0.546. The lowest BCUT2D eigenvalue weighted by Crippen LogP contribution is -2.13. The maximum Gasteiger partial charge on any atom is 0.255 e. The van der Waals surface area contributed by atoms with Crippen molar-refractivity contribution in [2.24, 2.45) is 0 Å². The van der Waals surface area contributed by atoms with Crippen LogP contribution in [0, 0.1) is 6.92 Å². The molecule has 0 saturated carbocycles. The zero-order valence-corrected chi connectivity index (χ0v) is 16.7. The number of ether oxygens (including phenoxy) is 2. The number of unbranched alkanes of at least 4 members (excludes halogenated alkanes) is 1. The number of rotatable bonds is 8. The van der Waals surface area contributed by atoms with Gasteiger partial charge in [0, 0.05) is 5.56 Å². The van der Waals surface area contributed by atoms with Crippen molar-refractivity contribution in [2.45, 2.75) is 33.6 Å². The van der Waals surface area contributed by atoms with Crippen LogP contribution in [-0.2, 0) is 0 Å². The number of carbonyl (C=O) groups excluding carboxylic acids is 1. The fourth-order valence-electron chi connectivity index (χ4n) is 2.34. The van der Waals surface area contributed by atoms with Crippen LogP contribution in [0.25, 0.3) is 0 Å². The van der Waals surface area contributed by atoms with E-state index in [4.69, 9.17) is 32.7 Å². The van der Waals surface area contributed by atoms with Crippen molar-refractivity contribution in [3.05, 3.63) is 51.5 Å². The van der Waals surface area contributed by atoms with Gasteiger partial charge in [0.1, 0.15) is 0 Å². The van der Waals surface area contributed by atoms with E-state index in [9.17, 15) is 4.79 Å². The van der Waals surface area contributed by atoms with Crippen LogP contribution in [0.4, 0.5) is 5.69 Å². The molecule has 0 spiro atoms. The van der Waals surface area contributed by atoms with Crippen molar-refractivity contribution >= 4 is 34.8 Å². The smallest absolute Gasteiger partial charge is 0.255 e. The van der Waals surface area contributed by atoms with Gasteiger partial charge in [-0.3, -0.25) is 4.79 Å². The molecule has 0 aliphatic heterocycles. The molecule has 0 bridgehead atoms. The summed E-state index contributed by atoms with van der Waals surface area (Å²) in [5, 5.41) is 3.62. The van der Waals surface area contributed by atoms with Gasteiger partial charge >= 0.3 is 0 Å². The highest BCUT2D eigenvalue weighted by molar-refractivity contribution is 6.34. The number of carbonyl (C=O) groups is 1. The number of nitrogens with one attached hydrogen (secondary N) is 1. The van der Waals surface area contributed by atoms with Gasteiger partial charge in [0.15, 0.2) is 11.5 Å². The first-order valence-corrected chi connectivity index (χ1v) is 9.38. The first-order valence-electron chi connectivity index (χ1n) is 8.62. The van der Waals surface area contributed by atoms with E-state index in [1.807, 2.05) is 19.9 Å². The standard InChI is InChI=1S/C20H23Cl2NO3/c1-4-6-9-26-19-16(22)11-14(12-18(19)25-5-2)20(24)23-17-8-7-13(3)10-15(17)21/h7-8,10-12H,4-6,9H2,1-3H3,(H,23,24). The largest absolute Gasteiger partial charge is 0.490 e. The van der Waals surface area contributed by atoms with Crippen LogP contribution in [0.1, 0.15) is 42.6 Å². The zero-order chi connectivity index (χ0) is 19.1. The molecule has 1 N–H and O–H groups in total. The Balaban J connectivity index is 2.26. The van der Waals surface area contributed by atoms with E-state index in [-0.39, 0.29) is 5.91 Å². The predicted octanol–water partition coefficient (Wildman–Crippen LogP) is 6.13. The van der Waals surface area contributed by atoms with Crippen LogP contribution < -0.4 is 14.8 Å². The van der Waals surface area contributed by atoms with E-state index in [1.165, 1.54) is 0 Å². The Kier molecular flexibility index (Phi) is 7.61. The SMILES string of the molecule is CCCCOc1c(Cl)cc(C(=O)Nc2ccc(C)cc2Cl)cc1OCC. The maximum absolute atomic E-state index is 12.6. The molecular weight excluding hydrogens is 373 g/mol. The van der Waals surface area contributed by atoms with Gasteiger partial charge in [-0.05, 0) is 50.1 Å². The second-order valence-electron chi connectivity index (χ2n) is 5.86. The molecule has 2 rings (SSSR count). The molecule has 0 unspecified atom stereocenters. The Morgan fingerprint density at radius 1 is 1.08 bits per heavy atom. The van der Waals surface area contributed by atoms with Gasteiger partial charge in [0.25, 0.3) is 5.91 Å². The molecule has 0 radical (unpaired) electrons. The third-order valence-corrected chi connectivity index (χ3v) is 4.28. The number of halogens is 2. The van der Waals surface area contributed by atoms with Gasteiger partial charge in [-0.15, -0.1) is 0 Å². The molecule has 0 heterocycles. The van der Waals surface area contributed by atoms with E-state index in [1.54, 1.807) is 24.3 Å². The van der Waals surface area contributed by atoms with Gasteiger partial charge in [-0.25, -0.2) is 0 Å². The fraction of sp³-hybridized carbons (Fsp3) is 0.350. The molecule has 140 valence electrons. The van der Waals surface area contributed by atoms with E-state index in [0.29, 0.717) is 46.0 Å². The molecule has 0 aliphatic rings. The van der Waals surface area contributed by atoms with Gasteiger partial charge in [-0.1, -0.05) is 42.6 Å². The number of benzene rings is 2. The third-order valence-electron chi connectivity index (χ3n) is 3.69. The van der Waals surface area contributed by atoms with Gasteiger partial charge in [0.2, 0.25) is 0 Å². The molecule has 6 heteroatoms. The average Bonchev–Trinajstić information content (AvgIpc) is 2.59. The minimum Gasteiger partial charge on any atom is -0.490 e. The van der Waals surface area contributed by atoms with E-state index in [0.717, 1.165) is 18.4 Å². The molecule has 0 aromatic heterocycles. The zero-order valence-electron chi connectivity index (χ0n) is 15.2. The Morgan fingerprint density at radius 2 is 1.85 bits per heavy atom. The van der Waals surface area contributed by atoms with Crippen LogP contribution in [0.3, 0.4) is 0 Å². The Hall–Kier alpha value is -1.91. The first kappa shape index (κ1) is 20.4. The van der Waals surface area contributed by atoms with Crippen LogP contribution in [0.2, 0.25) is 10.0 Å². The summed E-state index contributed by atoms with van der Waals surface area (Å²) in [5.74, 6) is 0.599. The molecule has 0 saturated heterocycles. The van der Waals surface area contributed by atoms with Crippen molar-refractivity contribution in [1.82, 2.24) is 0 Å². The summed E-state index contributed by atoms with van der Waals surface area (Å²) in [4.78, 5) is 12.6. The molecule has 0 atom stereocenters. The minimum absolute atomic E-state index is 0.321. The normalized spacial score (nSPS) is 10.5. The number of amides is 1. The summed E-state index contributed by atoms with van der Waals surface area (Å²) in [6.07, 6.45) is 1.93. The molecule has 1 amide bonds. The maximum atomic E-state index is 12.6. The Bertz CT molecular complexity index is 778. The average molecular weight is 396 g/mol. The summed E-state index contributed by atoms with van der Waals surface area (Å²) in [5.41, 5.74) is 1.93. The van der Waals surface area contributed by atoms with Crippen LogP contribution in [0.5, 0.6) is 11.5 Å². The topological polar surface area (TPSA) is 47.6 Å². The molecule has 26 heavy (non-hydrogen) atoms. The highest BCUT2D eigenvalue weighted by Crippen LogP contribution is 2.37. The molecule has 2 aromatic carbocycles. The Labute approximate surface area is 164 Å². The Morgan fingerprint density at radius 3 is 2.50 bits per heavy atom. The van der Waals surface area contributed by atoms with Crippen molar-refractivity contribution in [3.8, 4) is 11.5 Å². The lowest BCUT2D eigenvalue weighted by atomic mass is 10.1. The van der Waals surface area contributed by atoms with Crippen molar-refractivity contribution in [3.63, 3.8) is 0 Å². The number of hydrogen-bond donors (Lipinski definition) is 1. The third kappa shape index (κ3) is 5.29. The predicted molar refractivity (Wildman–Crippen MR) is 107 cm³/mol. The summed E-state index contributed by atoms with van der Waals surface area (Å²) in [6.45, 7) is 6.86. The van der Waals surface area contributed by atoms with E-state index in [2.05, 4.69) is 12.2 Å². The molecular formula is C20H23Cl2NO3. The minimum atomic E-state index is -0.321. The van der Waals surface area contributed by atoms with Gasteiger partial charge in [-0.2, -0.15) is 0 Å². The van der Waals surface area contributed by atoms with Crippen molar-refractivity contribution in [2.75, 3.05) is 18.5 Å². The van der Waals surface area contributed by atoms with E-state index < -0.39 is 0 Å². The molecule has 4 nitrogen and oxygen atoms in total. The molecule has 0 aliphatic carbocycles. The molecule has 2 aromatic rings. The monoisotopic (exact) mass is 395 g/mol. The second-order valence-corrected chi connectivity index (χ2v) is 6.67. The highest BCUT2D eigenvalue weighted by atomic mass is 35.5. The summed E-state index contributed by atoms with van der Waals surface area (Å²) in [6, 6.07) is 8.64. The number of aryl methyl sites for hydroxylation is 1. The van der Waals surface area contributed by atoms with Crippen LogP contribution >= 0.6 is 23.2 Å². The second kappa shape index (κ2) is 9.70. The summed E-state index contributed by atoms with van der Waals surface area (Å²) >= 11 is 12.5. The van der Waals surface area contributed by atoms with Crippen molar-refractivity contribution in [1.29, 1.82) is 0 Å². The number of anilines is 1. The van der Waals surface area contributed by atoms with Gasteiger partial charge in [0.05, 0.1) is 28.9 Å². The lowest BCUT2D eigenvalue weighted by molar-refractivity contribution is 0.102. The number of hydrogen-bond acceptors (Lipinski definition) is 3. The van der Waals surface area contributed by atoms with E-state index >= 15 is 0 Å². The van der Waals surface area contributed by atoms with Crippen molar-refractivity contribution < 1.29 is 14.3 Å². The lowest BCUT2D eigenvalue weighted by Gasteiger charge is -2.15. The first-order chi connectivity index (χ1) is 12.5. The fourth-order valence-corrected chi connectivity index (χ4v) is 2.88. The highest BCUT2D eigenvalue weighted by Gasteiger charge is 2.17. The summed E-state index contributed by atoms with van der Waals surface area (Å²) < 4.78 is 11.3. The van der Waals surface area contributed by atoms with Gasteiger partial charge < -0.3 is 14.8 Å². The molecule has 0 fully saturated rings.